The maximum absolute atomic E-state index is 15.0. The summed E-state index contributed by atoms with van der Waals surface area (Å²) in [6, 6.07) is 0. The van der Waals surface area contributed by atoms with E-state index in [0.29, 0.717) is 0 Å². The Labute approximate surface area is 121 Å². The quantitative estimate of drug-likeness (QED) is 0.701. The number of ether oxygens (including phenoxy) is 2. The van der Waals surface area contributed by atoms with E-state index >= 15 is 4.39 Å². The van der Waals surface area contributed by atoms with Gasteiger partial charge in [-0.25, -0.2) is 4.39 Å². The number of halogens is 1. The Hall–Kier alpha value is -1.93. The van der Waals surface area contributed by atoms with Crippen LogP contribution in [-0.2, 0) is 19.1 Å². The second-order valence-corrected chi connectivity index (χ2v) is 5.05. The van der Waals surface area contributed by atoms with Crippen LogP contribution < -0.4 is 5.32 Å². The Morgan fingerprint density at radius 1 is 1.71 bits per heavy atom. The number of nitrogens with zero attached hydrogens (tertiary/aromatic N) is 1. The highest BCUT2D eigenvalue weighted by Crippen LogP contribution is 2.39. The van der Waals surface area contributed by atoms with Crippen LogP contribution in [0.3, 0.4) is 0 Å². The highest BCUT2D eigenvalue weighted by atomic mass is 19.1. The fourth-order valence-electron chi connectivity index (χ4n) is 2.43. The number of esters is 1. The fraction of sp³-hybridized carbons (Fsp3) is 0.538. The van der Waals surface area contributed by atoms with Gasteiger partial charge in [0.1, 0.15) is 11.9 Å². The average Bonchev–Trinajstić information content (AvgIpc) is 2.61. The van der Waals surface area contributed by atoms with E-state index in [2.05, 4.69) is 11.9 Å². The van der Waals surface area contributed by atoms with Crippen LogP contribution >= 0.6 is 0 Å². The minimum absolute atomic E-state index is 0.136. The van der Waals surface area contributed by atoms with Gasteiger partial charge in [-0.05, 0) is 6.92 Å². The van der Waals surface area contributed by atoms with Gasteiger partial charge in [-0.15, -0.1) is 0 Å². The van der Waals surface area contributed by atoms with Crippen molar-refractivity contribution in [2.75, 3.05) is 6.61 Å². The molecule has 2 heterocycles. The molecule has 1 unspecified atom stereocenters. The summed E-state index contributed by atoms with van der Waals surface area (Å²) in [7, 11) is 0. The zero-order valence-corrected chi connectivity index (χ0v) is 11.7. The second kappa shape index (κ2) is 5.45. The van der Waals surface area contributed by atoms with Crippen molar-refractivity contribution in [2.45, 2.75) is 38.0 Å². The van der Waals surface area contributed by atoms with Gasteiger partial charge in [-0.2, -0.15) is 0 Å². The van der Waals surface area contributed by atoms with Crippen LogP contribution in [0.1, 0.15) is 13.8 Å². The number of rotatable bonds is 3. The van der Waals surface area contributed by atoms with E-state index in [9.17, 15) is 14.7 Å². The first-order chi connectivity index (χ1) is 9.77. The smallest absolute Gasteiger partial charge is 0.303 e. The normalized spacial score (nSPS) is 35.8. The van der Waals surface area contributed by atoms with Crippen LogP contribution in [0.2, 0.25) is 0 Å². The van der Waals surface area contributed by atoms with E-state index in [0.717, 1.165) is 6.92 Å². The van der Waals surface area contributed by atoms with Crippen LogP contribution in [0, 0.1) is 0 Å². The van der Waals surface area contributed by atoms with Gasteiger partial charge in [0.15, 0.2) is 18.0 Å². The molecular weight excluding hydrogens is 283 g/mol. The summed E-state index contributed by atoms with van der Waals surface area (Å²) in [5.41, 5.74) is -2.10. The predicted molar refractivity (Wildman–Crippen MR) is 69.1 cm³/mol. The molecule has 4 atom stereocenters. The number of carbonyl (C=O) groups excluding carboxylic acids is 2. The molecule has 1 amide bonds. The van der Waals surface area contributed by atoms with Crippen molar-refractivity contribution in [3.05, 3.63) is 24.7 Å². The lowest BCUT2D eigenvalue weighted by Gasteiger charge is -2.36. The molecule has 1 fully saturated rings. The standard InChI is InChI=1S/C13H17FN2O5/c1-7-15-10(19)4-5-16(7)12-13(3,14)11(20-8(2)18)9(6-17)21-12/h4-5,9,11-12,17H,1,6H2,2-3H3,(H,15,19)/t9-,11?,12-,13+/m1/s1. The van der Waals surface area contributed by atoms with Crippen molar-refractivity contribution in [1.82, 2.24) is 10.2 Å². The van der Waals surface area contributed by atoms with Gasteiger partial charge < -0.3 is 24.8 Å². The Bertz CT molecular complexity index is 505. The van der Waals surface area contributed by atoms with E-state index in [1.165, 1.54) is 24.1 Å². The number of aliphatic hydroxyl groups excluding tert-OH is 1. The topological polar surface area (TPSA) is 88.1 Å². The Morgan fingerprint density at radius 3 is 2.90 bits per heavy atom. The largest absolute Gasteiger partial charge is 0.456 e. The van der Waals surface area contributed by atoms with Crippen molar-refractivity contribution in [1.29, 1.82) is 0 Å². The lowest BCUT2D eigenvalue weighted by atomic mass is 9.97. The molecular formula is C13H17FN2O5. The van der Waals surface area contributed by atoms with Crippen LogP contribution in [0.15, 0.2) is 24.7 Å². The molecule has 8 heteroatoms. The summed E-state index contributed by atoms with van der Waals surface area (Å²) in [4.78, 5) is 23.6. The molecule has 116 valence electrons. The molecule has 2 aliphatic rings. The first kappa shape index (κ1) is 15.5. The minimum atomic E-state index is -2.10. The summed E-state index contributed by atoms with van der Waals surface area (Å²) in [6.07, 6.45) is -0.935. The summed E-state index contributed by atoms with van der Waals surface area (Å²) in [5, 5.41) is 11.7. The lowest BCUT2D eigenvalue weighted by molar-refractivity contribution is -0.155. The number of hydrogen-bond acceptors (Lipinski definition) is 6. The van der Waals surface area contributed by atoms with Crippen LogP contribution in [-0.4, -0.2) is 52.6 Å². The molecule has 2 rings (SSSR count). The molecule has 0 radical (unpaired) electrons. The van der Waals surface area contributed by atoms with Gasteiger partial charge in [0.2, 0.25) is 0 Å². The van der Waals surface area contributed by atoms with Crippen molar-refractivity contribution in [2.24, 2.45) is 0 Å². The van der Waals surface area contributed by atoms with Crippen molar-refractivity contribution in [3.8, 4) is 0 Å². The summed E-state index contributed by atoms with van der Waals surface area (Å²) < 4.78 is 25.4. The van der Waals surface area contributed by atoms with Crippen LogP contribution in [0.25, 0.3) is 0 Å². The average molecular weight is 300 g/mol. The molecule has 2 N–H and O–H groups in total. The summed E-state index contributed by atoms with van der Waals surface area (Å²) in [5.74, 6) is -0.922. The zero-order chi connectivity index (χ0) is 15.8. The van der Waals surface area contributed by atoms with Gasteiger partial charge in [0.05, 0.1) is 6.61 Å². The first-order valence-electron chi connectivity index (χ1n) is 6.36. The molecule has 0 aromatic rings. The first-order valence-corrected chi connectivity index (χ1v) is 6.36. The van der Waals surface area contributed by atoms with Gasteiger partial charge in [0, 0.05) is 19.2 Å². The fourth-order valence-corrected chi connectivity index (χ4v) is 2.43. The molecule has 1 saturated heterocycles. The number of hydrogen-bond donors (Lipinski definition) is 2. The molecule has 0 saturated carbocycles. The molecule has 7 nitrogen and oxygen atoms in total. The third kappa shape index (κ3) is 2.77. The monoisotopic (exact) mass is 300 g/mol. The predicted octanol–water partition coefficient (Wildman–Crippen LogP) is -0.220. The number of aliphatic hydroxyl groups is 1. The van der Waals surface area contributed by atoms with Crippen molar-refractivity contribution in [3.63, 3.8) is 0 Å². The number of carbonyl (C=O) groups is 2. The van der Waals surface area contributed by atoms with Gasteiger partial charge in [-0.3, -0.25) is 9.59 Å². The SMILES string of the molecule is C=C1NC(=O)C=CN1[C@@H]1O[C@H](CO)C(OC(C)=O)[C@]1(C)F. The minimum Gasteiger partial charge on any atom is -0.456 e. The number of alkyl halides is 1. The molecule has 2 aliphatic heterocycles. The highest BCUT2D eigenvalue weighted by Gasteiger charge is 2.59. The van der Waals surface area contributed by atoms with E-state index in [1.54, 1.807) is 0 Å². The summed E-state index contributed by atoms with van der Waals surface area (Å²) >= 11 is 0. The highest BCUT2D eigenvalue weighted by molar-refractivity contribution is 5.89. The second-order valence-electron chi connectivity index (χ2n) is 5.05. The van der Waals surface area contributed by atoms with Crippen molar-refractivity contribution >= 4 is 11.9 Å². The van der Waals surface area contributed by atoms with Gasteiger partial charge in [0.25, 0.3) is 5.91 Å². The number of amides is 1. The third-order valence-corrected chi connectivity index (χ3v) is 3.37. The zero-order valence-electron chi connectivity index (χ0n) is 11.7. The Balaban J connectivity index is 2.28. The molecule has 0 aromatic carbocycles. The Kier molecular flexibility index (Phi) is 4.02. The van der Waals surface area contributed by atoms with Crippen molar-refractivity contribution < 1.29 is 28.6 Å². The maximum atomic E-state index is 15.0. The molecule has 0 aliphatic carbocycles. The summed E-state index contributed by atoms with van der Waals surface area (Å²) in [6.45, 7) is 5.47. The third-order valence-electron chi connectivity index (χ3n) is 3.37. The molecule has 0 spiro atoms. The van der Waals surface area contributed by atoms with Crippen LogP contribution in [0.4, 0.5) is 4.39 Å². The number of nitrogens with one attached hydrogen (secondary N) is 1. The van der Waals surface area contributed by atoms with E-state index in [-0.39, 0.29) is 11.7 Å². The van der Waals surface area contributed by atoms with E-state index < -0.39 is 36.7 Å². The van der Waals surface area contributed by atoms with Gasteiger partial charge in [-0.1, -0.05) is 6.58 Å². The molecule has 0 bridgehead atoms. The van der Waals surface area contributed by atoms with E-state index in [4.69, 9.17) is 9.47 Å². The molecule has 21 heavy (non-hydrogen) atoms. The van der Waals surface area contributed by atoms with Gasteiger partial charge >= 0.3 is 5.97 Å². The molecule has 0 aromatic heterocycles. The maximum Gasteiger partial charge on any atom is 0.303 e. The van der Waals surface area contributed by atoms with E-state index in [1.807, 2.05) is 0 Å². The lowest BCUT2D eigenvalue weighted by Crippen LogP contribution is -2.52. The van der Waals surface area contributed by atoms with Crippen LogP contribution in [0.5, 0.6) is 0 Å². The Morgan fingerprint density at radius 2 is 2.38 bits per heavy atom.